The summed E-state index contributed by atoms with van der Waals surface area (Å²) in [5, 5.41) is 12.2. The zero-order valence-electron chi connectivity index (χ0n) is 12.3. The molecule has 2 atom stereocenters. The lowest BCUT2D eigenvalue weighted by Gasteiger charge is -2.32. The van der Waals surface area contributed by atoms with Gasteiger partial charge < -0.3 is 20.4 Å². The smallest absolute Gasteiger partial charge is 0.170 e. The average Bonchev–Trinajstić information content (AvgIpc) is 2.44. The number of hydrogen-bond donors (Lipinski definition) is 2. The molecule has 1 fully saturated rings. The van der Waals surface area contributed by atoms with Gasteiger partial charge in [0.25, 0.3) is 0 Å². The van der Waals surface area contributed by atoms with Crippen LogP contribution in [0.3, 0.4) is 0 Å². The van der Waals surface area contributed by atoms with Crippen LogP contribution in [0.15, 0.2) is 23.4 Å². The number of amidine groups is 1. The van der Waals surface area contributed by atoms with Gasteiger partial charge in [-0.1, -0.05) is 28.9 Å². The van der Waals surface area contributed by atoms with Gasteiger partial charge in [0.05, 0.1) is 24.9 Å². The normalized spacial score (nSPS) is 26.8. The monoisotopic (exact) mass is 312 g/mol. The third-order valence-electron chi connectivity index (χ3n) is 3.59. The molecule has 0 aromatic heterocycles. The van der Waals surface area contributed by atoms with Crippen LogP contribution in [0.25, 0.3) is 0 Å². The number of rotatable bonds is 4. The zero-order chi connectivity index (χ0) is 15.4. The summed E-state index contributed by atoms with van der Waals surface area (Å²) >= 11 is 6.21. The van der Waals surface area contributed by atoms with Crippen LogP contribution in [0.4, 0.5) is 0 Å². The fourth-order valence-electron chi connectivity index (χ4n) is 2.57. The van der Waals surface area contributed by atoms with E-state index in [1.807, 2.05) is 6.07 Å². The molecule has 6 heteroatoms. The summed E-state index contributed by atoms with van der Waals surface area (Å²) in [5.74, 6) is 0.0384. The number of hydrogen-bond acceptors (Lipinski definition) is 4. The van der Waals surface area contributed by atoms with Crippen LogP contribution in [0.5, 0.6) is 0 Å². The van der Waals surface area contributed by atoms with Crippen molar-refractivity contribution >= 4 is 17.4 Å². The zero-order valence-corrected chi connectivity index (χ0v) is 13.0. The Balaban J connectivity index is 1.97. The molecule has 0 amide bonds. The van der Waals surface area contributed by atoms with Gasteiger partial charge in [-0.05, 0) is 38.3 Å². The number of halogens is 1. The molecule has 0 bridgehead atoms. The molecular weight excluding hydrogens is 292 g/mol. The van der Waals surface area contributed by atoms with Crippen LogP contribution < -0.4 is 5.73 Å². The van der Waals surface area contributed by atoms with Crippen LogP contribution >= 0.6 is 11.6 Å². The van der Waals surface area contributed by atoms with Crippen molar-refractivity contribution in [1.82, 2.24) is 0 Å². The van der Waals surface area contributed by atoms with Crippen LogP contribution in [-0.4, -0.2) is 29.4 Å². The van der Waals surface area contributed by atoms with Gasteiger partial charge in [-0.25, -0.2) is 0 Å². The number of oxime groups is 1. The van der Waals surface area contributed by atoms with Crippen molar-refractivity contribution < 1.29 is 14.7 Å². The molecule has 0 radical (unpaired) electrons. The molecule has 3 N–H and O–H groups in total. The highest BCUT2D eigenvalue weighted by atomic mass is 35.5. The summed E-state index contributed by atoms with van der Waals surface area (Å²) in [6.45, 7) is 4.56. The summed E-state index contributed by atoms with van der Waals surface area (Å²) in [5.41, 5.74) is 7.00. The third kappa shape index (κ3) is 4.33. The van der Waals surface area contributed by atoms with Gasteiger partial charge in [-0.3, -0.25) is 0 Å². The van der Waals surface area contributed by atoms with Crippen LogP contribution in [0, 0.1) is 0 Å². The second-order valence-corrected chi connectivity index (χ2v) is 5.86. The first-order valence-corrected chi connectivity index (χ1v) is 7.40. The number of nitrogens with zero attached hydrogens (tertiary/aromatic N) is 1. The fourth-order valence-corrected chi connectivity index (χ4v) is 2.80. The summed E-state index contributed by atoms with van der Waals surface area (Å²) in [6.07, 6.45) is 2.41. The third-order valence-corrected chi connectivity index (χ3v) is 3.94. The van der Waals surface area contributed by atoms with E-state index in [9.17, 15) is 0 Å². The predicted octanol–water partition coefficient (Wildman–Crippen LogP) is 2.91. The summed E-state index contributed by atoms with van der Waals surface area (Å²) in [7, 11) is 0. The molecule has 0 spiro atoms. The summed E-state index contributed by atoms with van der Waals surface area (Å²) in [4.78, 5) is 0. The number of benzene rings is 1. The minimum Gasteiger partial charge on any atom is -0.409 e. The van der Waals surface area contributed by atoms with Crippen molar-refractivity contribution in [2.45, 2.75) is 51.6 Å². The van der Waals surface area contributed by atoms with Crippen LogP contribution in [0.2, 0.25) is 5.02 Å². The summed E-state index contributed by atoms with van der Waals surface area (Å²) in [6, 6.07) is 5.27. The Bertz CT molecular complexity index is 512. The van der Waals surface area contributed by atoms with Crippen molar-refractivity contribution in [1.29, 1.82) is 0 Å². The molecule has 1 aromatic carbocycles. The molecule has 2 unspecified atom stereocenters. The van der Waals surface area contributed by atoms with Crippen molar-refractivity contribution in [2.24, 2.45) is 10.9 Å². The minimum atomic E-state index is 0.0384. The predicted molar refractivity (Wildman–Crippen MR) is 81.8 cm³/mol. The Kier molecular flexibility index (Phi) is 5.45. The van der Waals surface area contributed by atoms with Gasteiger partial charge in [0.2, 0.25) is 0 Å². The minimum absolute atomic E-state index is 0.0384. The molecule has 2 rings (SSSR count). The fraction of sp³-hybridized carbons (Fsp3) is 0.533. The number of nitrogens with two attached hydrogens (primary N) is 1. The second-order valence-electron chi connectivity index (χ2n) is 5.45. The Morgan fingerprint density at radius 3 is 2.67 bits per heavy atom. The molecule has 5 nitrogen and oxygen atoms in total. The van der Waals surface area contributed by atoms with Gasteiger partial charge in [0, 0.05) is 10.6 Å². The SMILES string of the molecule is CC1CC(OCc2ccc(/C(N)=N/O)cc2Cl)CC(C)O1. The molecule has 0 saturated carbocycles. The lowest BCUT2D eigenvalue weighted by atomic mass is 10.0. The van der Waals surface area contributed by atoms with Gasteiger partial charge in [-0.2, -0.15) is 0 Å². The number of ether oxygens (including phenoxy) is 2. The Morgan fingerprint density at radius 1 is 1.43 bits per heavy atom. The van der Waals surface area contributed by atoms with Gasteiger partial charge in [0.1, 0.15) is 0 Å². The van der Waals surface area contributed by atoms with Crippen molar-refractivity contribution in [3.05, 3.63) is 34.3 Å². The van der Waals surface area contributed by atoms with Gasteiger partial charge >= 0.3 is 0 Å². The van der Waals surface area contributed by atoms with Gasteiger partial charge in [0.15, 0.2) is 5.84 Å². The van der Waals surface area contributed by atoms with E-state index in [1.165, 1.54) is 0 Å². The largest absolute Gasteiger partial charge is 0.409 e. The first-order valence-electron chi connectivity index (χ1n) is 7.03. The Morgan fingerprint density at radius 2 is 2.10 bits per heavy atom. The maximum Gasteiger partial charge on any atom is 0.170 e. The Labute approximate surface area is 129 Å². The molecule has 116 valence electrons. The van der Waals surface area contributed by atoms with E-state index in [4.69, 9.17) is 32.0 Å². The highest BCUT2D eigenvalue weighted by Gasteiger charge is 2.25. The molecule has 1 heterocycles. The highest BCUT2D eigenvalue weighted by Crippen LogP contribution is 2.24. The van der Waals surface area contributed by atoms with E-state index in [2.05, 4.69) is 19.0 Å². The maximum absolute atomic E-state index is 8.65. The van der Waals surface area contributed by atoms with E-state index >= 15 is 0 Å². The first kappa shape index (κ1) is 16.1. The molecular formula is C15H21ClN2O3. The molecule has 1 aromatic rings. The Hall–Kier alpha value is -1.30. The first-order chi connectivity index (χ1) is 9.99. The van der Waals surface area contributed by atoms with E-state index in [1.54, 1.807) is 12.1 Å². The topological polar surface area (TPSA) is 77.1 Å². The van der Waals surface area contributed by atoms with E-state index < -0.39 is 0 Å². The highest BCUT2D eigenvalue weighted by molar-refractivity contribution is 6.31. The van der Waals surface area contributed by atoms with Gasteiger partial charge in [-0.15, -0.1) is 0 Å². The van der Waals surface area contributed by atoms with Crippen molar-refractivity contribution in [2.75, 3.05) is 0 Å². The lowest BCUT2D eigenvalue weighted by molar-refractivity contribution is -0.106. The second kappa shape index (κ2) is 7.11. The van der Waals surface area contributed by atoms with E-state index in [-0.39, 0.29) is 24.1 Å². The van der Waals surface area contributed by atoms with Crippen molar-refractivity contribution in [3.63, 3.8) is 0 Å². The molecule has 21 heavy (non-hydrogen) atoms. The summed E-state index contributed by atoms with van der Waals surface area (Å²) < 4.78 is 11.6. The van der Waals surface area contributed by atoms with E-state index in [0.717, 1.165) is 18.4 Å². The quantitative estimate of drug-likeness (QED) is 0.388. The molecule has 1 aliphatic heterocycles. The standard InChI is InChI=1S/C15H21ClN2O3/c1-9-5-13(6-10(2)21-9)20-8-12-4-3-11(7-14(12)16)15(17)18-19/h3-4,7,9-10,13,19H,5-6,8H2,1-2H3,(H2,17,18). The van der Waals surface area contributed by atoms with E-state index in [0.29, 0.717) is 17.2 Å². The van der Waals surface area contributed by atoms with Crippen LogP contribution in [-0.2, 0) is 16.1 Å². The average molecular weight is 313 g/mol. The lowest BCUT2D eigenvalue weighted by Crippen LogP contribution is -2.34. The van der Waals surface area contributed by atoms with Crippen molar-refractivity contribution in [3.8, 4) is 0 Å². The molecule has 1 aliphatic rings. The molecule has 0 aliphatic carbocycles. The van der Waals surface area contributed by atoms with Crippen LogP contribution in [0.1, 0.15) is 37.8 Å². The molecule has 1 saturated heterocycles. The maximum atomic E-state index is 8.65.